The van der Waals surface area contributed by atoms with Crippen LogP contribution in [0.1, 0.15) is 31.2 Å². The van der Waals surface area contributed by atoms with Gasteiger partial charge in [-0.15, -0.1) is 0 Å². The molecule has 5 nitrogen and oxygen atoms in total. The average molecular weight is 332 g/mol. The first-order valence-corrected chi connectivity index (χ1v) is 9.10. The molecule has 132 valence electrons. The Morgan fingerprint density at radius 1 is 1.17 bits per heavy atom. The van der Waals surface area contributed by atoms with E-state index in [9.17, 15) is 4.79 Å². The van der Waals surface area contributed by atoms with Gasteiger partial charge < -0.3 is 14.8 Å². The molecule has 2 saturated heterocycles. The Hall–Kier alpha value is -1.43. The van der Waals surface area contributed by atoms with E-state index >= 15 is 0 Å². The summed E-state index contributed by atoms with van der Waals surface area (Å²) < 4.78 is 10.9. The van der Waals surface area contributed by atoms with Crippen molar-refractivity contribution in [3.05, 3.63) is 29.8 Å². The van der Waals surface area contributed by atoms with E-state index < -0.39 is 0 Å². The van der Waals surface area contributed by atoms with Crippen molar-refractivity contribution in [1.29, 1.82) is 0 Å². The third-order valence-electron chi connectivity index (χ3n) is 4.78. The quantitative estimate of drug-likeness (QED) is 0.833. The van der Waals surface area contributed by atoms with E-state index in [2.05, 4.69) is 22.3 Å². The second kappa shape index (κ2) is 9.16. The molecule has 0 saturated carbocycles. The highest BCUT2D eigenvalue weighted by Crippen LogP contribution is 2.17. The van der Waals surface area contributed by atoms with Crippen LogP contribution in [0.15, 0.2) is 24.3 Å². The van der Waals surface area contributed by atoms with Gasteiger partial charge >= 0.3 is 0 Å². The Morgan fingerprint density at radius 2 is 1.96 bits per heavy atom. The van der Waals surface area contributed by atoms with Gasteiger partial charge in [0, 0.05) is 38.3 Å². The van der Waals surface area contributed by atoms with E-state index in [0.29, 0.717) is 6.42 Å². The van der Waals surface area contributed by atoms with Crippen LogP contribution in [0.5, 0.6) is 0 Å². The molecular formula is C19H28N2O3. The van der Waals surface area contributed by atoms with Gasteiger partial charge in [-0.3, -0.25) is 9.69 Å². The summed E-state index contributed by atoms with van der Waals surface area (Å²) in [5, 5.41) is 2.98. The van der Waals surface area contributed by atoms with Gasteiger partial charge in [-0.2, -0.15) is 0 Å². The van der Waals surface area contributed by atoms with Crippen molar-refractivity contribution in [2.24, 2.45) is 0 Å². The number of carbonyl (C=O) groups excluding carboxylic acids is 1. The molecule has 0 bridgehead atoms. The maximum atomic E-state index is 12.0. The fraction of sp³-hybridized carbons (Fsp3) is 0.632. The summed E-state index contributed by atoms with van der Waals surface area (Å²) in [5.74, 6) is 0.0755. The number of rotatable bonds is 7. The predicted molar refractivity (Wildman–Crippen MR) is 94.2 cm³/mol. The molecule has 2 fully saturated rings. The summed E-state index contributed by atoms with van der Waals surface area (Å²) in [6.07, 6.45) is 4.88. The standard InChI is InChI=1S/C19H28N2O3/c22-19(8-7-18-2-1-13-24-18)20-17-5-3-16(4-6-17)9-10-21-11-14-23-15-12-21/h3-6,18H,1-2,7-15H2,(H,20,22). The van der Waals surface area contributed by atoms with Crippen LogP contribution in [0.3, 0.4) is 0 Å². The molecular weight excluding hydrogens is 304 g/mol. The Bertz CT molecular complexity index is 506. The number of hydrogen-bond acceptors (Lipinski definition) is 4. The van der Waals surface area contributed by atoms with E-state index in [1.165, 1.54) is 5.56 Å². The van der Waals surface area contributed by atoms with Crippen LogP contribution in [0.4, 0.5) is 5.69 Å². The Labute approximate surface area is 144 Å². The minimum atomic E-state index is 0.0755. The molecule has 2 heterocycles. The number of anilines is 1. The van der Waals surface area contributed by atoms with Crippen molar-refractivity contribution >= 4 is 11.6 Å². The predicted octanol–water partition coefficient (Wildman–Crippen LogP) is 2.46. The first-order chi connectivity index (χ1) is 11.8. The second-order valence-electron chi connectivity index (χ2n) is 6.62. The lowest BCUT2D eigenvalue weighted by Gasteiger charge is -2.26. The molecule has 1 amide bonds. The fourth-order valence-electron chi connectivity index (χ4n) is 3.25. The molecule has 0 aliphatic carbocycles. The van der Waals surface area contributed by atoms with Gasteiger partial charge in [-0.25, -0.2) is 0 Å². The molecule has 5 heteroatoms. The molecule has 24 heavy (non-hydrogen) atoms. The number of hydrogen-bond donors (Lipinski definition) is 1. The van der Waals surface area contributed by atoms with Crippen LogP contribution in [0.2, 0.25) is 0 Å². The van der Waals surface area contributed by atoms with E-state index in [1.54, 1.807) is 0 Å². The summed E-state index contributed by atoms with van der Waals surface area (Å²) in [6, 6.07) is 8.21. The molecule has 0 radical (unpaired) electrons. The van der Waals surface area contributed by atoms with Crippen molar-refractivity contribution in [3.63, 3.8) is 0 Å². The molecule has 0 spiro atoms. The minimum absolute atomic E-state index is 0.0755. The number of nitrogens with zero attached hydrogens (tertiary/aromatic N) is 1. The first-order valence-electron chi connectivity index (χ1n) is 9.10. The number of amides is 1. The molecule has 2 aliphatic rings. The molecule has 3 rings (SSSR count). The molecule has 1 N–H and O–H groups in total. The molecule has 1 atom stereocenters. The zero-order chi connectivity index (χ0) is 16.6. The SMILES string of the molecule is O=C(CCC1CCCO1)Nc1ccc(CCN2CCOCC2)cc1. The van der Waals surface area contributed by atoms with Crippen LogP contribution < -0.4 is 5.32 Å². The van der Waals surface area contributed by atoms with E-state index in [0.717, 1.165) is 70.8 Å². The van der Waals surface area contributed by atoms with Crippen molar-refractivity contribution < 1.29 is 14.3 Å². The molecule has 0 aromatic heterocycles. The van der Waals surface area contributed by atoms with Gasteiger partial charge in [0.1, 0.15) is 0 Å². The number of ether oxygens (including phenoxy) is 2. The summed E-state index contributed by atoms with van der Waals surface area (Å²) in [4.78, 5) is 14.4. The van der Waals surface area contributed by atoms with Crippen LogP contribution in [-0.2, 0) is 20.7 Å². The monoisotopic (exact) mass is 332 g/mol. The Kier molecular flexibility index (Phi) is 6.64. The maximum Gasteiger partial charge on any atom is 0.224 e. The third-order valence-corrected chi connectivity index (χ3v) is 4.78. The number of carbonyl (C=O) groups is 1. The lowest BCUT2D eigenvalue weighted by molar-refractivity contribution is -0.116. The zero-order valence-electron chi connectivity index (χ0n) is 14.3. The van der Waals surface area contributed by atoms with Crippen molar-refractivity contribution in [3.8, 4) is 0 Å². The summed E-state index contributed by atoms with van der Waals surface area (Å²) in [7, 11) is 0. The molecule has 1 aromatic carbocycles. The van der Waals surface area contributed by atoms with Crippen LogP contribution in [0, 0.1) is 0 Å². The van der Waals surface area contributed by atoms with Gasteiger partial charge in [0.2, 0.25) is 5.91 Å². The normalized spacial score (nSPS) is 21.8. The molecule has 2 aliphatic heterocycles. The highest BCUT2D eigenvalue weighted by molar-refractivity contribution is 5.90. The Balaban J connectivity index is 1.37. The smallest absolute Gasteiger partial charge is 0.224 e. The highest BCUT2D eigenvalue weighted by atomic mass is 16.5. The average Bonchev–Trinajstić information content (AvgIpc) is 3.14. The lowest BCUT2D eigenvalue weighted by atomic mass is 10.1. The summed E-state index contributed by atoms with van der Waals surface area (Å²) in [6.45, 7) is 5.65. The van der Waals surface area contributed by atoms with Crippen molar-refractivity contribution in [1.82, 2.24) is 4.90 Å². The number of nitrogens with one attached hydrogen (secondary N) is 1. The van der Waals surface area contributed by atoms with E-state index in [4.69, 9.17) is 9.47 Å². The van der Waals surface area contributed by atoms with Crippen LogP contribution in [0.25, 0.3) is 0 Å². The summed E-state index contributed by atoms with van der Waals surface area (Å²) >= 11 is 0. The van der Waals surface area contributed by atoms with Crippen molar-refractivity contribution in [2.45, 2.75) is 38.2 Å². The molecule has 1 aromatic rings. The number of morpholine rings is 1. The van der Waals surface area contributed by atoms with Gasteiger partial charge in [0.05, 0.1) is 19.3 Å². The summed E-state index contributed by atoms with van der Waals surface area (Å²) in [5.41, 5.74) is 2.18. The largest absolute Gasteiger partial charge is 0.379 e. The molecule has 1 unspecified atom stereocenters. The number of benzene rings is 1. The van der Waals surface area contributed by atoms with Gasteiger partial charge in [-0.05, 0) is 43.4 Å². The zero-order valence-corrected chi connectivity index (χ0v) is 14.3. The van der Waals surface area contributed by atoms with E-state index in [-0.39, 0.29) is 12.0 Å². The highest BCUT2D eigenvalue weighted by Gasteiger charge is 2.16. The fourth-order valence-corrected chi connectivity index (χ4v) is 3.25. The van der Waals surface area contributed by atoms with Crippen LogP contribution >= 0.6 is 0 Å². The van der Waals surface area contributed by atoms with Crippen LogP contribution in [-0.4, -0.2) is 56.4 Å². The van der Waals surface area contributed by atoms with Crippen molar-refractivity contribution in [2.75, 3.05) is 44.8 Å². The van der Waals surface area contributed by atoms with Gasteiger partial charge in [-0.1, -0.05) is 12.1 Å². The lowest BCUT2D eigenvalue weighted by Crippen LogP contribution is -2.37. The van der Waals surface area contributed by atoms with Gasteiger partial charge in [0.25, 0.3) is 0 Å². The maximum absolute atomic E-state index is 12.0. The second-order valence-corrected chi connectivity index (χ2v) is 6.62. The topological polar surface area (TPSA) is 50.8 Å². The first kappa shape index (κ1) is 17.4. The van der Waals surface area contributed by atoms with E-state index in [1.807, 2.05) is 12.1 Å². The van der Waals surface area contributed by atoms with Gasteiger partial charge in [0.15, 0.2) is 0 Å². The third kappa shape index (κ3) is 5.58. The Morgan fingerprint density at radius 3 is 2.67 bits per heavy atom. The minimum Gasteiger partial charge on any atom is -0.379 e.